The van der Waals surface area contributed by atoms with Gasteiger partial charge in [0.05, 0.1) is 6.54 Å². The van der Waals surface area contributed by atoms with Crippen LogP contribution in [0.15, 0.2) is 35.3 Å². The molecule has 1 saturated heterocycles. The highest BCUT2D eigenvalue weighted by Crippen LogP contribution is 2.19. The number of hydrogen-bond donors (Lipinski definition) is 0. The van der Waals surface area contributed by atoms with E-state index in [4.69, 9.17) is 4.74 Å². The van der Waals surface area contributed by atoms with Crippen LogP contribution in [0, 0.1) is 5.92 Å². The number of rotatable bonds is 3. The third-order valence-corrected chi connectivity index (χ3v) is 2.99. The second-order valence-corrected chi connectivity index (χ2v) is 4.36. The molecule has 2 rings (SSSR count). The van der Waals surface area contributed by atoms with Gasteiger partial charge in [-0.1, -0.05) is 30.3 Å². The highest BCUT2D eigenvalue weighted by Gasteiger charge is 2.42. The zero-order chi connectivity index (χ0) is 13.1. The molecule has 0 saturated carbocycles. The summed E-state index contributed by atoms with van der Waals surface area (Å²) in [6, 6.07) is 9.69. The van der Waals surface area contributed by atoms with Gasteiger partial charge in [0.2, 0.25) is 0 Å². The molecule has 1 fully saturated rings. The van der Waals surface area contributed by atoms with Crippen molar-refractivity contribution in [1.82, 2.24) is 0 Å². The average Bonchev–Trinajstić information content (AvgIpc) is 2.62. The van der Waals surface area contributed by atoms with E-state index in [0.29, 0.717) is 12.3 Å². The highest BCUT2D eigenvalue weighted by molar-refractivity contribution is 6.22. The molecule has 1 aromatic rings. The summed E-state index contributed by atoms with van der Waals surface area (Å²) in [5.74, 6) is -1.50. The van der Waals surface area contributed by atoms with E-state index in [9.17, 15) is 9.59 Å². The van der Waals surface area contributed by atoms with Gasteiger partial charge >= 0.3 is 5.97 Å². The number of benzene rings is 1. The van der Waals surface area contributed by atoms with Crippen LogP contribution in [0.2, 0.25) is 0 Å². The molecule has 0 radical (unpaired) electrons. The number of carbonyl (C=O) groups is 2. The predicted molar refractivity (Wildman–Crippen MR) is 67.3 cm³/mol. The summed E-state index contributed by atoms with van der Waals surface area (Å²) in [7, 11) is 0. The molecule has 0 amide bonds. The van der Waals surface area contributed by atoms with E-state index in [1.807, 2.05) is 30.3 Å². The monoisotopic (exact) mass is 245 g/mol. The van der Waals surface area contributed by atoms with Gasteiger partial charge < -0.3 is 4.74 Å². The molecular formula is C14H15NO3. The number of carbonyl (C=O) groups excluding carboxylic acids is 2. The number of aliphatic imine (C=N–C) groups is 1. The molecule has 4 nitrogen and oxygen atoms in total. The minimum Gasteiger partial charge on any atom is -0.454 e. The molecule has 0 aliphatic carbocycles. The molecule has 94 valence electrons. The largest absolute Gasteiger partial charge is 0.454 e. The lowest BCUT2D eigenvalue weighted by Crippen LogP contribution is -2.25. The fraction of sp³-hybridized carbons (Fsp3) is 0.357. The van der Waals surface area contributed by atoms with Gasteiger partial charge in [-0.15, -0.1) is 0 Å². The van der Waals surface area contributed by atoms with Crippen LogP contribution in [0.3, 0.4) is 0 Å². The lowest BCUT2D eigenvalue weighted by atomic mass is 9.99. The van der Waals surface area contributed by atoms with Crippen LogP contribution in [0.5, 0.6) is 0 Å². The Bertz CT molecular complexity index is 493. The fourth-order valence-corrected chi connectivity index (χ4v) is 1.92. The van der Waals surface area contributed by atoms with Gasteiger partial charge in [0.25, 0.3) is 0 Å². The van der Waals surface area contributed by atoms with Crippen molar-refractivity contribution in [3.05, 3.63) is 35.9 Å². The van der Waals surface area contributed by atoms with E-state index in [-0.39, 0.29) is 5.78 Å². The lowest BCUT2D eigenvalue weighted by Gasteiger charge is -2.04. The van der Waals surface area contributed by atoms with Crippen LogP contribution >= 0.6 is 0 Å². The molecular weight excluding hydrogens is 230 g/mol. The normalized spacial score (nSPS) is 24.2. The molecule has 0 unspecified atom stereocenters. The molecule has 1 heterocycles. The summed E-state index contributed by atoms with van der Waals surface area (Å²) in [4.78, 5) is 27.6. The Morgan fingerprint density at radius 1 is 1.28 bits per heavy atom. The van der Waals surface area contributed by atoms with Crippen LogP contribution in [-0.4, -0.2) is 23.6 Å². The maximum atomic E-state index is 11.7. The van der Waals surface area contributed by atoms with E-state index in [1.165, 1.54) is 0 Å². The predicted octanol–water partition coefficient (Wildman–Crippen LogP) is 1.78. The second-order valence-electron chi connectivity index (χ2n) is 4.36. The van der Waals surface area contributed by atoms with Crippen LogP contribution in [-0.2, 0) is 20.9 Å². The number of nitrogens with zero attached hydrogens (tertiary/aromatic N) is 1. The van der Waals surface area contributed by atoms with Gasteiger partial charge in [-0.05, 0) is 19.4 Å². The smallest absolute Gasteiger partial charge is 0.323 e. The number of ether oxygens (including phenoxy) is 1. The molecule has 1 aliphatic rings. The van der Waals surface area contributed by atoms with Crippen molar-refractivity contribution in [3.63, 3.8) is 0 Å². The van der Waals surface area contributed by atoms with Gasteiger partial charge in [-0.2, -0.15) is 0 Å². The summed E-state index contributed by atoms with van der Waals surface area (Å²) >= 11 is 0. The molecule has 0 bridgehead atoms. The van der Waals surface area contributed by atoms with E-state index < -0.39 is 18.0 Å². The van der Waals surface area contributed by atoms with E-state index in [0.717, 1.165) is 5.56 Å². The maximum Gasteiger partial charge on any atom is 0.323 e. The summed E-state index contributed by atoms with van der Waals surface area (Å²) in [5.41, 5.74) is 1.57. The van der Waals surface area contributed by atoms with Crippen molar-refractivity contribution in [1.29, 1.82) is 0 Å². The molecule has 0 aromatic heterocycles. The molecule has 0 N–H and O–H groups in total. The molecule has 1 aliphatic heterocycles. The van der Waals surface area contributed by atoms with Crippen molar-refractivity contribution in [2.24, 2.45) is 10.9 Å². The van der Waals surface area contributed by atoms with Crippen molar-refractivity contribution in [3.8, 4) is 0 Å². The molecule has 1 aromatic carbocycles. The summed E-state index contributed by atoms with van der Waals surface area (Å²) < 4.78 is 4.89. The van der Waals surface area contributed by atoms with E-state index in [2.05, 4.69) is 4.99 Å². The first-order chi connectivity index (χ1) is 8.59. The van der Waals surface area contributed by atoms with Crippen molar-refractivity contribution < 1.29 is 14.3 Å². The minimum atomic E-state index is -0.816. The van der Waals surface area contributed by atoms with Gasteiger partial charge in [0, 0.05) is 5.71 Å². The highest BCUT2D eigenvalue weighted by atomic mass is 16.6. The van der Waals surface area contributed by atoms with Gasteiger partial charge in [0.1, 0.15) is 0 Å². The zero-order valence-corrected chi connectivity index (χ0v) is 10.4. The fourth-order valence-electron chi connectivity index (χ4n) is 1.92. The first kappa shape index (κ1) is 12.5. The number of cyclic esters (lactones) is 1. The Kier molecular flexibility index (Phi) is 3.55. The number of esters is 1. The first-order valence-corrected chi connectivity index (χ1v) is 5.88. The van der Waals surface area contributed by atoms with E-state index >= 15 is 0 Å². The standard InChI is InChI=1S/C14H15NO3/c1-9(12-13(16)10(2)18-14(12)17)15-8-11-6-4-3-5-7-11/h3-7,10,12H,8H2,1-2H3/t10-,12+/m0/s1. The van der Waals surface area contributed by atoms with Crippen LogP contribution < -0.4 is 0 Å². The van der Waals surface area contributed by atoms with Gasteiger partial charge in [-0.25, -0.2) is 0 Å². The number of Topliss-reactive ketones (excluding diaryl/α,β-unsaturated/α-hetero) is 1. The van der Waals surface area contributed by atoms with Crippen molar-refractivity contribution in [2.45, 2.75) is 26.5 Å². The van der Waals surface area contributed by atoms with Crippen molar-refractivity contribution >= 4 is 17.5 Å². The number of hydrogen-bond acceptors (Lipinski definition) is 4. The Balaban J connectivity index is 2.10. The van der Waals surface area contributed by atoms with E-state index in [1.54, 1.807) is 13.8 Å². The maximum absolute atomic E-state index is 11.7. The Morgan fingerprint density at radius 3 is 2.50 bits per heavy atom. The van der Waals surface area contributed by atoms with Crippen molar-refractivity contribution in [2.75, 3.05) is 0 Å². The SMILES string of the molecule is CC(=NCc1ccccc1)[C@H]1C(=O)O[C@@H](C)C1=O. The lowest BCUT2D eigenvalue weighted by molar-refractivity contribution is -0.142. The first-order valence-electron chi connectivity index (χ1n) is 5.88. The van der Waals surface area contributed by atoms with Crippen LogP contribution in [0.4, 0.5) is 0 Å². The quantitative estimate of drug-likeness (QED) is 0.463. The van der Waals surface area contributed by atoms with Gasteiger partial charge in [0.15, 0.2) is 17.8 Å². The average molecular weight is 245 g/mol. The summed E-state index contributed by atoms with van der Waals surface area (Å²) in [5, 5.41) is 0. The molecule has 18 heavy (non-hydrogen) atoms. The summed E-state index contributed by atoms with van der Waals surface area (Å²) in [6.45, 7) is 3.76. The Morgan fingerprint density at radius 2 is 1.94 bits per heavy atom. The summed E-state index contributed by atoms with van der Waals surface area (Å²) in [6.07, 6.45) is -0.649. The Labute approximate surface area is 106 Å². The van der Waals surface area contributed by atoms with Crippen LogP contribution in [0.25, 0.3) is 0 Å². The van der Waals surface area contributed by atoms with Gasteiger partial charge in [-0.3, -0.25) is 14.6 Å². The Hall–Kier alpha value is -1.97. The second kappa shape index (κ2) is 5.12. The third kappa shape index (κ3) is 2.47. The molecule has 0 spiro atoms. The zero-order valence-electron chi connectivity index (χ0n) is 10.4. The van der Waals surface area contributed by atoms with Crippen LogP contribution in [0.1, 0.15) is 19.4 Å². The topological polar surface area (TPSA) is 55.7 Å². The molecule has 4 heteroatoms. The molecule has 2 atom stereocenters. The minimum absolute atomic E-state index is 0.200. The number of ketones is 1. The third-order valence-electron chi connectivity index (χ3n) is 2.99.